The summed E-state index contributed by atoms with van der Waals surface area (Å²) in [7, 11) is 1.44. The summed E-state index contributed by atoms with van der Waals surface area (Å²) in [6, 6.07) is 8.56. The smallest absolute Gasteiger partial charge is 0.214 e. The van der Waals surface area contributed by atoms with E-state index in [1.165, 1.54) is 24.5 Å². The lowest BCUT2D eigenvalue weighted by molar-refractivity contribution is 0.233. The highest BCUT2D eigenvalue weighted by Gasteiger charge is 2.11. The number of nitrogens with zero attached hydrogens (tertiary/aromatic N) is 2. The van der Waals surface area contributed by atoms with Crippen LogP contribution in [-0.4, -0.2) is 23.2 Å². The average Bonchev–Trinajstić information content (AvgIpc) is 3.04. The molecule has 0 saturated carbocycles. The second kappa shape index (κ2) is 6.97. The van der Waals surface area contributed by atoms with E-state index >= 15 is 0 Å². The van der Waals surface area contributed by atoms with Crippen molar-refractivity contribution in [2.75, 3.05) is 7.11 Å². The van der Waals surface area contributed by atoms with Gasteiger partial charge >= 0.3 is 0 Å². The van der Waals surface area contributed by atoms with Crippen molar-refractivity contribution in [3.8, 4) is 33.5 Å². The fraction of sp³-hybridized carbons (Fsp3) is 0.222. The molecular weight excluding hydrogens is 327 g/mol. The molecule has 3 rings (SSSR count). The van der Waals surface area contributed by atoms with Crippen LogP contribution in [0.2, 0.25) is 0 Å². The number of benzene rings is 1. The Hall–Kier alpha value is -2.47. The van der Waals surface area contributed by atoms with E-state index in [4.69, 9.17) is 9.47 Å². The fourth-order valence-electron chi connectivity index (χ4n) is 2.21. The predicted octanol–water partition coefficient (Wildman–Crippen LogP) is 4.81. The molecule has 0 spiro atoms. The Morgan fingerprint density at radius 2 is 1.96 bits per heavy atom. The van der Waals surface area contributed by atoms with E-state index in [1.54, 1.807) is 18.3 Å². The van der Waals surface area contributed by atoms with E-state index in [9.17, 15) is 4.39 Å². The van der Waals surface area contributed by atoms with Gasteiger partial charge in [-0.1, -0.05) is 0 Å². The fourth-order valence-corrected chi connectivity index (χ4v) is 3.04. The van der Waals surface area contributed by atoms with Crippen molar-refractivity contribution in [1.82, 2.24) is 9.97 Å². The van der Waals surface area contributed by atoms with Crippen LogP contribution < -0.4 is 9.47 Å². The number of hydrogen-bond donors (Lipinski definition) is 0. The maximum atomic E-state index is 13.9. The molecule has 0 atom stereocenters. The predicted molar refractivity (Wildman–Crippen MR) is 93.1 cm³/mol. The molecule has 0 unspecified atom stereocenters. The first-order valence-corrected chi connectivity index (χ1v) is 8.37. The highest BCUT2D eigenvalue weighted by molar-refractivity contribution is 7.13. The lowest BCUT2D eigenvalue weighted by Crippen LogP contribution is -2.06. The molecule has 0 bridgehead atoms. The van der Waals surface area contributed by atoms with E-state index < -0.39 is 5.82 Å². The Balaban J connectivity index is 1.89. The quantitative estimate of drug-likeness (QED) is 0.666. The lowest BCUT2D eigenvalue weighted by atomic mass is 10.1. The van der Waals surface area contributed by atoms with Gasteiger partial charge in [0.2, 0.25) is 5.88 Å². The van der Waals surface area contributed by atoms with Gasteiger partial charge in [0.25, 0.3) is 0 Å². The number of pyridine rings is 1. The van der Waals surface area contributed by atoms with Crippen molar-refractivity contribution < 1.29 is 13.9 Å². The second-order valence-corrected chi connectivity index (χ2v) is 6.29. The molecule has 0 aliphatic carbocycles. The van der Waals surface area contributed by atoms with Crippen LogP contribution in [0.4, 0.5) is 4.39 Å². The molecule has 6 heteroatoms. The molecule has 0 radical (unpaired) electrons. The molecule has 24 heavy (non-hydrogen) atoms. The largest absolute Gasteiger partial charge is 0.494 e. The SMILES string of the molecule is COc1ccc(-c2csc(-c3ccnc(OC(C)C)c3)n2)cc1F. The van der Waals surface area contributed by atoms with Gasteiger partial charge in [-0.25, -0.2) is 14.4 Å². The van der Waals surface area contributed by atoms with Gasteiger partial charge < -0.3 is 9.47 Å². The van der Waals surface area contributed by atoms with Crippen LogP contribution in [0, 0.1) is 5.82 Å². The zero-order valence-electron chi connectivity index (χ0n) is 13.6. The number of hydrogen-bond acceptors (Lipinski definition) is 5. The van der Waals surface area contributed by atoms with Crippen LogP contribution in [-0.2, 0) is 0 Å². The Labute approximate surface area is 143 Å². The number of ether oxygens (including phenoxy) is 2. The number of thiazole rings is 1. The minimum Gasteiger partial charge on any atom is -0.494 e. The van der Waals surface area contributed by atoms with Crippen LogP contribution >= 0.6 is 11.3 Å². The first-order valence-electron chi connectivity index (χ1n) is 7.49. The van der Waals surface area contributed by atoms with E-state index in [-0.39, 0.29) is 11.9 Å². The Morgan fingerprint density at radius 3 is 2.67 bits per heavy atom. The molecule has 0 saturated heterocycles. The van der Waals surface area contributed by atoms with Crippen molar-refractivity contribution in [1.29, 1.82) is 0 Å². The van der Waals surface area contributed by atoms with Crippen molar-refractivity contribution in [2.45, 2.75) is 20.0 Å². The van der Waals surface area contributed by atoms with Crippen LogP contribution in [0.5, 0.6) is 11.6 Å². The normalized spacial score (nSPS) is 10.9. The molecular formula is C18H17FN2O2S. The van der Waals surface area contributed by atoms with Crippen LogP contribution in [0.1, 0.15) is 13.8 Å². The monoisotopic (exact) mass is 344 g/mol. The van der Waals surface area contributed by atoms with Gasteiger partial charge in [-0.2, -0.15) is 0 Å². The topological polar surface area (TPSA) is 44.2 Å². The Kier molecular flexibility index (Phi) is 4.76. The summed E-state index contributed by atoms with van der Waals surface area (Å²) >= 11 is 1.49. The van der Waals surface area contributed by atoms with E-state index in [1.807, 2.05) is 31.4 Å². The van der Waals surface area contributed by atoms with Crippen molar-refractivity contribution >= 4 is 11.3 Å². The number of halogens is 1. The number of aromatic nitrogens is 2. The molecule has 2 aromatic heterocycles. The molecule has 1 aromatic carbocycles. The summed E-state index contributed by atoms with van der Waals surface area (Å²) in [5.74, 6) is 0.384. The first-order chi connectivity index (χ1) is 11.6. The van der Waals surface area contributed by atoms with E-state index in [0.717, 1.165) is 16.3 Å². The second-order valence-electron chi connectivity index (χ2n) is 5.44. The molecule has 2 heterocycles. The zero-order valence-corrected chi connectivity index (χ0v) is 14.4. The van der Waals surface area contributed by atoms with Crippen molar-refractivity contribution in [2.24, 2.45) is 0 Å². The average molecular weight is 344 g/mol. The molecule has 0 N–H and O–H groups in total. The molecule has 0 aliphatic heterocycles. The van der Waals surface area contributed by atoms with Crippen LogP contribution in [0.25, 0.3) is 21.8 Å². The maximum Gasteiger partial charge on any atom is 0.214 e. The lowest BCUT2D eigenvalue weighted by Gasteiger charge is -2.08. The zero-order chi connectivity index (χ0) is 17.1. The van der Waals surface area contributed by atoms with Crippen LogP contribution in [0.3, 0.4) is 0 Å². The minimum absolute atomic E-state index is 0.0573. The number of rotatable bonds is 5. The summed E-state index contributed by atoms with van der Waals surface area (Å²) in [6.45, 7) is 3.90. The first kappa shape index (κ1) is 16.4. The van der Waals surface area contributed by atoms with Gasteiger partial charge in [-0.3, -0.25) is 0 Å². The van der Waals surface area contributed by atoms with Crippen LogP contribution in [0.15, 0.2) is 41.9 Å². The third-order valence-electron chi connectivity index (χ3n) is 3.29. The summed E-state index contributed by atoms with van der Waals surface area (Å²) in [6.07, 6.45) is 1.75. The van der Waals surface area contributed by atoms with Gasteiger partial charge in [0.1, 0.15) is 5.01 Å². The van der Waals surface area contributed by atoms with Gasteiger partial charge in [-0.05, 0) is 38.1 Å². The third kappa shape index (κ3) is 3.54. The Morgan fingerprint density at radius 1 is 1.12 bits per heavy atom. The van der Waals surface area contributed by atoms with Gasteiger partial charge in [0.15, 0.2) is 11.6 Å². The maximum absolute atomic E-state index is 13.9. The van der Waals surface area contributed by atoms with Gasteiger partial charge in [0, 0.05) is 28.8 Å². The summed E-state index contributed by atoms with van der Waals surface area (Å²) in [5, 5.41) is 2.73. The van der Waals surface area contributed by atoms with E-state index in [0.29, 0.717) is 11.4 Å². The Bertz CT molecular complexity index is 849. The molecule has 0 aliphatic rings. The number of methoxy groups -OCH3 is 1. The molecule has 3 aromatic rings. The van der Waals surface area contributed by atoms with Gasteiger partial charge in [0.05, 0.1) is 18.9 Å². The molecule has 124 valence electrons. The van der Waals surface area contributed by atoms with Crippen molar-refractivity contribution in [3.63, 3.8) is 0 Å². The molecule has 0 fully saturated rings. The standard InChI is InChI=1S/C18H17FN2O2S/c1-11(2)23-17-9-13(6-7-20-17)18-21-15(10-24-18)12-4-5-16(22-3)14(19)8-12/h4-11H,1-3H3. The molecule has 0 amide bonds. The molecule has 4 nitrogen and oxygen atoms in total. The van der Waals surface area contributed by atoms with Crippen molar-refractivity contribution in [3.05, 3.63) is 47.7 Å². The summed E-state index contributed by atoms with van der Waals surface area (Å²) in [5.41, 5.74) is 2.36. The minimum atomic E-state index is -0.402. The van der Waals surface area contributed by atoms with E-state index in [2.05, 4.69) is 9.97 Å². The third-order valence-corrected chi connectivity index (χ3v) is 4.18. The summed E-state index contributed by atoms with van der Waals surface area (Å²) < 4.78 is 24.4. The highest BCUT2D eigenvalue weighted by Crippen LogP contribution is 2.31. The van der Waals surface area contributed by atoms with Gasteiger partial charge in [-0.15, -0.1) is 11.3 Å². The summed E-state index contributed by atoms with van der Waals surface area (Å²) in [4.78, 5) is 8.79. The highest BCUT2D eigenvalue weighted by atomic mass is 32.1.